The summed E-state index contributed by atoms with van der Waals surface area (Å²) in [7, 11) is 0. The number of hydrogen-bond acceptors (Lipinski definition) is 0. The van der Waals surface area contributed by atoms with Crippen LogP contribution in [0.1, 0.15) is 79.6 Å². The molecule has 0 heterocycles. The Morgan fingerprint density at radius 3 is 1.80 bits per heavy atom. The highest BCUT2D eigenvalue weighted by molar-refractivity contribution is 4.71. The average Bonchev–Trinajstić information content (AvgIpc) is 2.23. The van der Waals surface area contributed by atoms with E-state index in [1.54, 1.807) is 0 Å². The van der Waals surface area contributed by atoms with Crippen LogP contribution in [0.25, 0.3) is 0 Å². The lowest BCUT2D eigenvalue weighted by molar-refractivity contribution is 0.219. The van der Waals surface area contributed by atoms with Crippen molar-refractivity contribution in [1.29, 1.82) is 0 Å². The molecule has 15 heavy (non-hydrogen) atoms. The lowest BCUT2D eigenvalue weighted by atomic mass is 9.77. The van der Waals surface area contributed by atoms with Crippen molar-refractivity contribution in [2.75, 3.05) is 0 Å². The van der Waals surface area contributed by atoms with Gasteiger partial charge in [-0.15, -0.1) is 0 Å². The predicted octanol–water partition coefficient (Wildman–Crippen LogP) is 5.67. The van der Waals surface area contributed by atoms with E-state index in [2.05, 4.69) is 34.6 Å². The Labute approximate surface area is 97.8 Å². The lowest BCUT2D eigenvalue weighted by Crippen LogP contribution is -2.19. The minimum atomic E-state index is 0.920. The normalized spacial score (nSPS) is 17.4. The van der Waals surface area contributed by atoms with E-state index < -0.39 is 0 Å². The number of unbranched alkanes of at least 4 members (excludes halogenated alkanes) is 1. The Hall–Kier alpha value is 0. The molecule has 0 rings (SSSR count). The third-order valence-corrected chi connectivity index (χ3v) is 3.97. The molecule has 0 aliphatic rings. The van der Waals surface area contributed by atoms with E-state index in [-0.39, 0.29) is 0 Å². The molecular formula is C15H32. The zero-order valence-electron chi connectivity index (χ0n) is 11.7. The third-order valence-electron chi connectivity index (χ3n) is 3.97. The van der Waals surface area contributed by atoms with Crippen LogP contribution in [0.3, 0.4) is 0 Å². The zero-order valence-corrected chi connectivity index (χ0v) is 11.7. The summed E-state index contributed by atoms with van der Waals surface area (Å²) >= 11 is 0. The second-order valence-corrected chi connectivity index (χ2v) is 5.32. The molecule has 0 saturated heterocycles. The predicted molar refractivity (Wildman–Crippen MR) is 71.2 cm³/mol. The topological polar surface area (TPSA) is 0 Å². The molecule has 0 fully saturated rings. The van der Waals surface area contributed by atoms with Crippen LogP contribution in [0, 0.1) is 17.8 Å². The molecule has 0 radical (unpaired) electrons. The lowest BCUT2D eigenvalue weighted by Gasteiger charge is -2.28. The Balaban J connectivity index is 4.06. The molecule has 0 nitrogen and oxygen atoms in total. The molecular weight excluding hydrogens is 180 g/mol. The van der Waals surface area contributed by atoms with Crippen molar-refractivity contribution in [3.8, 4) is 0 Å². The van der Waals surface area contributed by atoms with E-state index in [0.29, 0.717) is 0 Å². The molecule has 3 atom stereocenters. The number of rotatable bonds is 9. The summed E-state index contributed by atoms with van der Waals surface area (Å²) in [6, 6.07) is 0. The Morgan fingerprint density at radius 1 is 0.733 bits per heavy atom. The second kappa shape index (κ2) is 9.24. The average molecular weight is 212 g/mol. The van der Waals surface area contributed by atoms with Crippen LogP contribution in [0.15, 0.2) is 0 Å². The Bertz CT molecular complexity index is 128. The molecule has 0 aliphatic heterocycles. The van der Waals surface area contributed by atoms with Gasteiger partial charge in [-0.2, -0.15) is 0 Å². The first-order valence-electron chi connectivity index (χ1n) is 7.17. The van der Waals surface area contributed by atoms with Crippen LogP contribution >= 0.6 is 0 Å². The molecule has 0 saturated carbocycles. The summed E-state index contributed by atoms with van der Waals surface area (Å²) in [5.74, 6) is 2.83. The Morgan fingerprint density at radius 2 is 1.33 bits per heavy atom. The first kappa shape index (κ1) is 15.0. The fourth-order valence-electron chi connectivity index (χ4n) is 2.69. The van der Waals surface area contributed by atoms with Crippen molar-refractivity contribution >= 4 is 0 Å². The first-order chi connectivity index (χ1) is 7.17. The van der Waals surface area contributed by atoms with E-state index in [4.69, 9.17) is 0 Å². The van der Waals surface area contributed by atoms with Gasteiger partial charge in [0.25, 0.3) is 0 Å². The molecule has 0 aromatic heterocycles. The van der Waals surface area contributed by atoms with E-state index in [1.165, 1.54) is 44.9 Å². The van der Waals surface area contributed by atoms with Gasteiger partial charge in [0.05, 0.1) is 0 Å². The van der Waals surface area contributed by atoms with Crippen molar-refractivity contribution in [3.63, 3.8) is 0 Å². The summed E-state index contributed by atoms with van der Waals surface area (Å²) in [6.07, 6.45) is 9.79. The molecule has 0 bridgehead atoms. The molecule has 0 N–H and O–H groups in total. The fraction of sp³-hybridized carbons (Fsp3) is 1.00. The van der Waals surface area contributed by atoms with E-state index in [0.717, 1.165) is 17.8 Å². The number of hydrogen-bond donors (Lipinski definition) is 0. The highest BCUT2D eigenvalue weighted by atomic mass is 14.3. The standard InChI is InChI=1S/C15H32/c1-6-9-12-15(11-8-3)14(5)13(4)10-7-2/h13-15H,6-12H2,1-5H3. The van der Waals surface area contributed by atoms with Crippen LogP contribution in [-0.4, -0.2) is 0 Å². The van der Waals surface area contributed by atoms with Crippen LogP contribution in [-0.2, 0) is 0 Å². The van der Waals surface area contributed by atoms with Gasteiger partial charge in [-0.3, -0.25) is 0 Å². The van der Waals surface area contributed by atoms with E-state index in [1.807, 2.05) is 0 Å². The quantitative estimate of drug-likeness (QED) is 0.462. The van der Waals surface area contributed by atoms with Crippen molar-refractivity contribution in [2.45, 2.75) is 79.6 Å². The highest BCUT2D eigenvalue weighted by Gasteiger charge is 2.20. The molecule has 0 aliphatic carbocycles. The molecule has 0 heteroatoms. The monoisotopic (exact) mass is 212 g/mol. The largest absolute Gasteiger partial charge is 0.0654 e. The van der Waals surface area contributed by atoms with E-state index >= 15 is 0 Å². The van der Waals surface area contributed by atoms with Gasteiger partial charge < -0.3 is 0 Å². The molecule has 0 aromatic rings. The first-order valence-corrected chi connectivity index (χ1v) is 7.17. The van der Waals surface area contributed by atoms with Gasteiger partial charge in [-0.1, -0.05) is 79.6 Å². The van der Waals surface area contributed by atoms with Gasteiger partial charge in [0, 0.05) is 0 Å². The minimum absolute atomic E-state index is 0.920. The smallest absolute Gasteiger partial charge is 0.0386 e. The molecule has 0 spiro atoms. The maximum Gasteiger partial charge on any atom is -0.0386 e. The second-order valence-electron chi connectivity index (χ2n) is 5.32. The van der Waals surface area contributed by atoms with Crippen LogP contribution in [0.4, 0.5) is 0 Å². The zero-order chi connectivity index (χ0) is 11.7. The maximum absolute atomic E-state index is 2.48. The van der Waals surface area contributed by atoms with Gasteiger partial charge in [-0.25, -0.2) is 0 Å². The van der Waals surface area contributed by atoms with Gasteiger partial charge >= 0.3 is 0 Å². The fourth-order valence-corrected chi connectivity index (χ4v) is 2.69. The van der Waals surface area contributed by atoms with Crippen molar-refractivity contribution in [3.05, 3.63) is 0 Å². The molecule has 0 amide bonds. The molecule has 3 unspecified atom stereocenters. The highest BCUT2D eigenvalue weighted by Crippen LogP contribution is 2.31. The molecule has 92 valence electrons. The summed E-state index contributed by atoms with van der Waals surface area (Å²) in [5.41, 5.74) is 0. The summed E-state index contributed by atoms with van der Waals surface area (Å²) < 4.78 is 0. The van der Waals surface area contributed by atoms with E-state index in [9.17, 15) is 0 Å². The van der Waals surface area contributed by atoms with Crippen molar-refractivity contribution in [1.82, 2.24) is 0 Å². The van der Waals surface area contributed by atoms with Crippen molar-refractivity contribution in [2.24, 2.45) is 17.8 Å². The molecule has 0 aromatic carbocycles. The summed E-state index contributed by atoms with van der Waals surface area (Å²) in [6.45, 7) is 11.9. The van der Waals surface area contributed by atoms with Gasteiger partial charge in [0.1, 0.15) is 0 Å². The third kappa shape index (κ3) is 6.22. The van der Waals surface area contributed by atoms with Crippen LogP contribution in [0.2, 0.25) is 0 Å². The SMILES string of the molecule is CCCCC(CCC)C(C)C(C)CCC. The van der Waals surface area contributed by atoms with Crippen LogP contribution < -0.4 is 0 Å². The maximum atomic E-state index is 2.48. The van der Waals surface area contributed by atoms with Crippen LogP contribution in [0.5, 0.6) is 0 Å². The summed E-state index contributed by atoms with van der Waals surface area (Å²) in [5, 5.41) is 0. The van der Waals surface area contributed by atoms with Gasteiger partial charge in [-0.05, 0) is 17.8 Å². The van der Waals surface area contributed by atoms with Gasteiger partial charge in [0.15, 0.2) is 0 Å². The summed E-state index contributed by atoms with van der Waals surface area (Å²) in [4.78, 5) is 0. The van der Waals surface area contributed by atoms with Crippen molar-refractivity contribution < 1.29 is 0 Å². The van der Waals surface area contributed by atoms with Gasteiger partial charge in [0.2, 0.25) is 0 Å². The minimum Gasteiger partial charge on any atom is -0.0654 e. The Kier molecular flexibility index (Phi) is 9.24.